The first-order chi connectivity index (χ1) is 7.45. The van der Waals surface area contributed by atoms with Crippen molar-refractivity contribution in [2.24, 2.45) is 0 Å². The summed E-state index contributed by atoms with van der Waals surface area (Å²) in [5, 5.41) is 0. The molecular weight excluding hydrogens is 186 g/mol. The Morgan fingerprint density at radius 1 is 1.13 bits per heavy atom. The summed E-state index contributed by atoms with van der Waals surface area (Å²) >= 11 is 0. The molecule has 0 saturated carbocycles. The highest BCUT2D eigenvalue weighted by molar-refractivity contribution is 5.37. The summed E-state index contributed by atoms with van der Waals surface area (Å²) in [6.45, 7) is 3.40. The van der Waals surface area contributed by atoms with Crippen LogP contribution in [0.25, 0.3) is 0 Å². The average molecular weight is 203 g/mol. The Bertz CT molecular complexity index is 344. The third kappa shape index (κ3) is 1.63. The van der Waals surface area contributed by atoms with E-state index < -0.39 is 0 Å². The van der Waals surface area contributed by atoms with Crippen LogP contribution in [-0.2, 0) is 0 Å². The van der Waals surface area contributed by atoms with Crippen LogP contribution >= 0.6 is 0 Å². The van der Waals surface area contributed by atoms with Gasteiger partial charge in [-0.1, -0.05) is 18.2 Å². The van der Waals surface area contributed by atoms with Gasteiger partial charge in [0.2, 0.25) is 0 Å². The molecule has 1 saturated heterocycles. The zero-order valence-electron chi connectivity index (χ0n) is 8.98. The summed E-state index contributed by atoms with van der Waals surface area (Å²) in [5.74, 6) is 1.10. The van der Waals surface area contributed by atoms with Gasteiger partial charge in [0, 0.05) is 18.0 Å². The predicted octanol–water partition coefficient (Wildman–Crippen LogP) is 2.61. The van der Waals surface area contributed by atoms with Crippen molar-refractivity contribution < 1.29 is 4.74 Å². The second-order valence-corrected chi connectivity index (χ2v) is 4.43. The Labute approximate surface area is 90.8 Å². The lowest BCUT2D eigenvalue weighted by atomic mass is 9.99. The Morgan fingerprint density at radius 2 is 1.93 bits per heavy atom. The van der Waals surface area contributed by atoms with Crippen molar-refractivity contribution >= 4 is 0 Å². The topological polar surface area (TPSA) is 12.5 Å². The van der Waals surface area contributed by atoms with Gasteiger partial charge in [-0.05, 0) is 32.0 Å². The number of nitrogens with zero attached hydrogens (tertiary/aromatic N) is 1. The minimum absolute atomic E-state index is 0.609. The summed E-state index contributed by atoms with van der Waals surface area (Å²) in [4.78, 5) is 2.61. The smallest absolute Gasteiger partial charge is 0.124 e. The van der Waals surface area contributed by atoms with E-state index in [1.165, 1.54) is 31.5 Å². The van der Waals surface area contributed by atoms with Gasteiger partial charge in [-0.2, -0.15) is 0 Å². The van der Waals surface area contributed by atoms with Crippen LogP contribution in [0.1, 0.15) is 30.9 Å². The molecule has 1 aromatic carbocycles. The van der Waals surface area contributed by atoms with Crippen molar-refractivity contribution in [1.82, 2.24) is 4.90 Å². The van der Waals surface area contributed by atoms with Crippen LogP contribution in [0.5, 0.6) is 5.75 Å². The van der Waals surface area contributed by atoms with Gasteiger partial charge >= 0.3 is 0 Å². The SMILES string of the molecule is c1ccc2c(c1)OCC[C@@H]2N1CCCC1. The number of rotatable bonds is 1. The molecule has 2 heterocycles. The van der Waals surface area contributed by atoms with Crippen molar-refractivity contribution in [1.29, 1.82) is 0 Å². The van der Waals surface area contributed by atoms with E-state index in [1.807, 2.05) is 0 Å². The summed E-state index contributed by atoms with van der Waals surface area (Å²) in [7, 11) is 0. The first-order valence-electron chi connectivity index (χ1n) is 5.91. The van der Waals surface area contributed by atoms with Gasteiger partial charge in [-0.15, -0.1) is 0 Å². The maximum atomic E-state index is 5.69. The van der Waals surface area contributed by atoms with Crippen LogP contribution in [0.3, 0.4) is 0 Å². The van der Waals surface area contributed by atoms with Crippen molar-refractivity contribution in [2.75, 3.05) is 19.7 Å². The van der Waals surface area contributed by atoms with Crippen LogP contribution in [0.4, 0.5) is 0 Å². The summed E-state index contributed by atoms with van der Waals surface area (Å²) in [6, 6.07) is 9.11. The Hall–Kier alpha value is -1.02. The van der Waals surface area contributed by atoms with E-state index in [1.54, 1.807) is 0 Å². The fourth-order valence-electron chi connectivity index (χ4n) is 2.76. The molecule has 1 fully saturated rings. The van der Waals surface area contributed by atoms with E-state index >= 15 is 0 Å². The molecular formula is C13H17NO. The molecule has 2 aliphatic heterocycles. The van der Waals surface area contributed by atoms with E-state index in [2.05, 4.69) is 29.2 Å². The minimum Gasteiger partial charge on any atom is -0.493 e. The van der Waals surface area contributed by atoms with E-state index in [0.717, 1.165) is 18.8 Å². The summed E-state index contributed by atoms with van der Waals surface area (Å²) in [5.41, 5.74) is 1.39. The highest BCUT2D eigenvalue weighted by Gasteiger charge is 2.28. The third-order valence-corrected chi connectivity index (χ3v) is 3.51. The second-order valence-electron chi connectivity index (χ2n) is 4.43. The number of hydrogen-bond acceptors (Lipinski definition) is 2. The van der Waals surface area contributed by atoms with Crippen LogP contribution in [0, 0.1) is 0 Å². The average Bonchev–Trinajstić information content (AvgIpc) is 2.82. The zero-order chi connectivity index (χ0) is 10.1. The normalized spacial score (nSPS) is 26.0. The lowest BCUT2D eigenvalue weighted by Gasteiger charge is -2.32. The van der Waals surface area contributed by atoms with E-state index in [-0.39, 0.29) is 0 Å². The molecule has 3 rings (SSSR count). The number of ether oxygens (including phenoxy) is 1. The van der Waals surface area contributed by atoms with Crippen LogP contribution in [-0.4, -0.2) is 24.6 Å². The molecule has 2 heteroatoms. The molecule has 80 valence electrons. The maximum Gasteiger partial charge on any atom is 0.124 e. The minimum atomic E-state index is 0.609. The molecule has 0 radical (unpaired) electrons. The first-order valence-corrected chi connectivity index (χ1v) is 5.91. The summed E-state index contributed by atoms with van der Waals surface area (Å²) < 4.78 is 5.69. The molecule has 0 aromatic heterocycles. The number of likely N-dealkylation sites (tertiary alicyclic amines) is 1. The van der Waals surface area contributed by atoms with E-state index in [9.17, 15) is 0 Å². The molecule has 15 heavy (non-hydrogen) atoms. The largest absolute Gasteiger partial charge is 0.493 e. The highest BCUT2D eigenvalue weighted by Crippen LogP contribution is 2.37. The maximum absolute atomic E-state index is 5.69. The molecule has 0 unspecified atom stereocenters. The van der Waals surface area contributed by atoms with Gasteiger partial charge in [0.1, 0.15) is 5.75 Å². The van der Waals surface area contributed by atoms with Crippen molar-refractivity contribution in [2.45, 2.75) is 25.3 Å². The molecule has 1 atom stereocenters. The monoisotopic (exact) mass is 203 g/mol. The standard InChI is InChI=1S/C13H17NO/c1-2-6-13-11(5-1)12(7-10-15-13)14-8-3-4-9-14/h1-2,5-6,12H,3-4,7-10H2/t12-/m0/s1. The summed E-state index contributed by atoms with van der Waals surface area (Å²) in [6.07, 6.45) is 3.87. The van der Waals surface area contributed by atoms with Crippen molar-refractivity contribution in [3.63, 3.8) is 0 Å². The van der Waals surface area contributed by atoms with Gasteiger partial charge in [0.25, 0.3) is 0 Å². The van der Waals surface area contributed by atoms with Crippen molar-refractivity contribution in [3.8, 4) is 5.75 Å². The Morgan fingerprint density at radius 3 is 2.80 bits per heavy atom. The first kappa shape index (κ1) is 9.22. The van der Waals surface area contributed by atoms with Gasteiger partial charge in [0.05, 0.1) is 6.61 Å². The highest BCUT2D eigenvalue weighted by atomic mass is 16.5. The van der Waals surface area contributed by atoms with Crippen molar-refractivity contribution in [3.05, 3.63) is 29.8 Å². The van der Waals surface area contributed by atoms with Gasteiger partial charge in [0.15, 0.2) is 0 Å². The van der Waals surface area contributed by atoms with Gasteiger partial charge in [-0.3, -0.25) is 4.90 Å². The fraction of sp³-hybridized carbons (Fsp3) is 0.538. The number of hydrogen-bond donors (Lipinski definition) is 0. The van der Waals surface area contributed by atoms with Crippen LogP contribution < -0.4 is 4.74 Å². The van der Waals surface area contributed by atoms with Crippen LogP contribution in [0.15, 0.2) is 24.3 Å². The fourth-order valence-corrected chi connectivity index (χ4v) is 2.76. The van der Waals surface area contributed by atoms with Gasteiger partial charge < -0.3 is 4.74 Å². The zero-order valence-corrected chi connectivity index (χ0v) is 8.98. The second kappa shape index (κ2) is 3.86. The molecule has 2 aliphatic rings. The predicted molar refractivity (Wildman–Crippen MR) is 60.1 cm³/mol. The van der Waals surface area contributed by atoms with Gasteiger partial charge in [-0.25, -0.2) is 0 Å². The molecule has 1 aromatic rings. The Kier molecular flexibility index (Phi) is 2.37. The Balaban J connectivity index is 1.91. The van der Waals surface area contributed by atoms with E-state index in [4.69, 9.17) is 4.74 Å². The molecule has 0 N–H and O–H groups in total. The molecule has 0 aliphatic carbocycles. The number of fused-ring (bicyclic) bond motifs is 1. The molecule has 0 bridgehead atoms. The molecule has 0 amide bonds. The lowest BCUT2D eigenvalue weighted by molar-refractivity contribution is 0.165. The van der Waals surface area contributed by atoms with Crippen LogP contribution in [0.2, 0.25) is 0 Å². The lowest BCUT2D eigenvalue weighted by Crippen LogP contribution is -2.30. The quantitative estimate of drug-likeness (QED) is 0.695. The number of para-hydroxylation sites is 1. The molecule has 0 spiro atoms. The number of benzene rings is 1. The van der Waals surface area contributed by atoms with E-state index in [0.29, 0.717) is 6.04 Å². The third-order valence-electron chi connectivity index (χ3n) is 3.51. The molecule has 2 nitrogen and oxygen atoms in total.